The highest BCUT2D eigenvalue weighted by atomic mass is 16.5. The first-order chi connectivity index (χ1) is 12.8. The number of pyridine rings is 1. The molecule has 1 aliphatic carbocycles. The summed E-state index contributed by atoms with van der Waals surface area (Å²) in [6, 6.07) is 13.2. The first-order valence-electron chi connectivity index (χ1n) is 8.73. The number of fused-ring (bicyclic) bond motifs is 1. The van der Waals surface area contributed by atoms with E-state index in [2.05, 4.69) is 20.5 Å². The summed E-state index contributed by atoms with van der Waals surface area (Å²) in [5.41, 5.74) is 3.89. The molecular formula is C20H20N4O2. The first-order valence-corrected chi connectivity index (χ1v) is 8.73. The van der Waals surface area contributed by atoms with Gasteiger partial charge in [0.1, 0.15) is 12.4 Å². The average molecular weight is 348 g/mol. The van der Waals surface area contributed by atoms with Gasteiger partial charge in [0.15, 0.2) is 0 Å². The second-order valence-electron chi connectivity index (χ2n) is 6.44. The van der Waals surface area contributed by atoms with Gasteiger partial charge in [0.2, 0.25) is 5.91 Å². The molecular weight excluding hydrogens is 328 g/mol. The number of ether oxygens (including phenoxy) is 1. The fraction of sp³-hybridized carbons (Fsp3) is 0.250. The molecule has 3 aromatic rings. The van der Waals surface area contributed by atoms with Crippen molar-refractivity contribution < 1.29 is 9.53 Å². The minimum absolute atomic E-state index is 0.0344. The summed E-state index contributed by atoms with van der Waals surface area (Å²) in [4.78, 5) is 16.8. The second-order valence-corrected chi connectivity index (χ2v) is 6.44. The minimum atomic E-state index is -0.0407. The summed E-state index contributed by atoms with van der Waals surface area (Å²) in [6.45, 7) is 0.392. The van der Waals surface area contributed by atoms with E-state index in [1.807, 2.05) is 48.7 Å². The number of aromatic amines is 1. The van der Waals surface area contributed by atoms with Crippen molar-refractivity contribution >= 4 is 11.6 Å². The highest BCUT2D eigenvalue weighted by Crippen LogP contribution is 2.25. The standard InChI is InChI=1S/C20H20N4O2/c25-20(14-7-8-15-12-22-24-19(15)10-14)23-16-5-3-6-18(11-16)26-13-17-4-1-2-9-21-17/h1-6,9,11-12,14H,7-8,10,13H2,(H,22,24)(H,23,25). The molecule has 26 heavy (non-hydrogen) atoms. The van der Waals surface area contributed by atoms with Crippen LogP contribution in [0.1, 0.15) is 23.4 Å². The van der Waals surface area contributed by atoms with Crippen molar-refractivity contribution in [3.63, 3.8) is 0 Å². The fourth-order valence-electron chi connectivity index (χ4n) is 3.18. The maximum Gasteiger partial charge on any atom is 0.227 e. The monoisotopic (exact) mass is 348 g/mol. The molecule has 6 heteroatoms. The quantitative estimate of drug-likeness (QED) is 0.742. The number of anilines is 1. The number of rotatable bonds is 5. The number of hydrogen-bond donors (Lipinski definition) is 2. The lowest BCUT2D eigenvalue weighted by Gasteiger charge is -2.21. The Kier molecular flexibility index (Phi) is 4.64. The van der Waals surface area contributed by atoms with Crippen LogP contribution in [-0.4, -0.2) is 21.1 Å². The number of hydrogen-bond acceptors (Lipinski definition) is 4. The summed E-state index contributed by atoms with van der Waals surface area (Å²) in [5, 5.41) is 10.1. The van der Waals surface area contributed by atoms with E-state index in [4.69, 9.17) is 4.74 Å². The van der Waals surface area contributed by atoms with Crippen molar-refractivity contribution in [3.8, 4) is 5.75 Å². The number of H-pyrrole nitrogens is 1. The smallest absolute Gasteiger partial charge is 0.227 e. The van der Waals surface area contributed by atoms with Gasteiger partial charge in [0, 0.05) is 36.0 Å². The third-order valence-corrected chi connectivity index (χ3v) is 4.61. The Balaban J connectivity index is 1.37. The fourth-order valence-corrected chi connectivity index (χ4v) is 3.18. The topological polar surface area (TPSA) is 79.9 Å². The van der Waals surface area contributed by atoms with Crippen LogP contribution in [-0.2, 0) is 24.2 Å². The van der Waals surface area contributed by atoms with E-state index in [9.17, 15) is 4.79 Å². The summed E-state index contributed by atoms with van der Waals surface area (Å²) in [7, 11) is 0. The Morgan fingerprint density at radius 2 is 2.23 bits per heavy atom. The largest absolute Gasteiger partial charge is 0.487 e. The molecule has 0 saturated carbocycles. The van der Waals surface area contributed by atoms with Crippen LogP contribution in [0, 0.1) is 5.92 Å². The van der Waals surface area contributed by atoms with Crippen LogP contribution in [0.3, 0.4) is 0 Å². The van der Waals surface area contributed by atoms with Crippen molar-refractivity contribution in [1.82, 2.24) is 15.2 Å². The molecule has 6 nitrogen and oxygen atoms in total. The first kappa shape index (κ1) is 16.3. The number of carbonyl (C=O) groups is 1. The van der Waals surface area contributed by atoms with Crippen molar-refractivity contribution in [2.45, 2.75) is 25.9 Å². The minimum Gasteiger partial charge on any atom is -0.487 e. The van der Waals surface area contributed by atoms with Gasteiger partial charge in [-0.2, -0.15) is 5.10 Å². The van der Waals surface area contributed by atoms with E-state index >= 15 is 0 Å². The summed E-state index contributed by atoms with van der Waals surface area (Å²) >= 11 is 0. The van der Waals surface area contributed by atoms with Crippen molar-refractivity contribution in [2.24, 2.45) is 5.92 Å². The average Bonchev–Trinajstić information content (AvgIpc) is 3.15. The van der Waals surface area contributed by atoms with Crippen molar-refractivity contribution in [1.29, 1.82) is 0 Å². The molecule has 1 unspecified atom stereocenters. The lowest BCUT2D eigenvalue weighted by atomic mass is 9.87. The molecule has 0 radical (unpaired) electrons. The second kappa shape index (κ2) is 7.39. The summed E-state index contributed by atoms with van der Waals surface area (Å²) in [5.74, 6) is 0.695. The zero-order valence-electron chi connectivity index (χ0n) is 14.3. The molecule has 2 aromatic heterocycles. The Bertz CT molecular complexity index is 892. The van der Waals surface area contributed by atoms with Gasteiger partial charge in [-0.1, -0.05) is 12.1 Å². The maximum absolute atomic E-state index is 12.6. The van der Waals surface area contributed by atoms with Crippen LogP contribution in [0.15, 0.2) is 54.9 Å². The third kappa shape index (κ3) is 3.74. The summed E-state index contributed by atoms with van der Waals surface area (Å²) < 4.78 is 5.77. The van der Waals surface area contributed by atoms with Crippen molar-refractivity contribution in [3.05, 3.63) is 71.8 Å². The van der Waals surface area contributed by atoms with Crippen LogP contribution < -0.4 is 10.1 Å². The SMILES string of the molecule is O=C(Nc1cccc(OCc2ccccn2)c1)C1CCc2cn[nH]c2C1. The molecule has 0 saturated heterocycles. The van der Waals surface area contributed by atoms with Crippen LogP contribution in [0.4, 0.5) is 5.69 Å². The zero-order valence-corrected chi connectivity index (χ0v) is 14.3. The number of benzene rings is 1. The summed E-state index contributed by atoms with van der Waals surface area (Å²) in [6.07, 6.45) is 6.03. The molecule has 1 amide bonds. The van der Waals surface area contributed by atoms with E-state index in [1.165, 1.54) is 5.56 Å². The molecule has 0 bridgehead atoms. The molecule has 132 valence electrons. The molecule has 0 fully saturated rings. The van der Waals surface area contributed by atoms with Crippen molar-refractivity contribution in [2.75, 3.05) is 5.32 Å². The highest BCUT2D eigenvalue weighted by Gasteiger charge is 2.25. The number of amides is 1. The van der Waals surface area contributed by atoms with E-state index in [0.717, 1.165) is 29.9 Å². The number of carbonyl (C=O) groups excluding carboxylic acids is 1. The van der Waals surface area contributed by atoms with Gasteiger partial charge in [-0.15, -0.1) is 0 Å². The lowest BCUT2D eigenvalue weighted by Crippen LogP contribution is -2.28. The molecule has 1 aromatic carbocycles. The van der Waals surface area contributed by atoms with E-state index in [1.54, 1.807) is 6.20 Å². The Morgan fingerprint density at radius 3 is 3.12 bits per heavy atom. The molecule has 1 atom stereocenters. The van der Waals surface area contributed by atoms with E-state index < -0.39 is 0 Å². The predicted molar refractivity (Wildman–Crippen MR) is 97.7 cm³/mol. The van der Waals surface area contributed by atoms with E-state index in [-0.39, 0.29) is 11.8 Å². The van der Waals surface area contributed by atoms with Gasteiger partial charge in [0.05, 0.1) is 11.9 Å². The number of nitrogens with one attached hydrogen (secondary N) is 2. The highest BCUT2D eigenvalue weighted by molar-refractivity contribution is 5.93. The Morgan fingerprint density at radius 1 is 1.27 bits per heavy atom. The normalized spacial score (nSPS) is 15.9. The van der Waals surface area contributed by atoms with E-state index in [0.29, 0.717) is 18.8 Å². The third-order valence-electron chi connectivity index (χ3n) is 4.61. The van der Waals surface area contributed by atoms with Gasteiger partial charge < -0.3 is 10.1 Å². The molecule has 0 aliphatic heterocycles. The molecule has 4 rings (SSSR count). The van der Waals surface area contributed by atoms with Crippen LogP contribution >= 0.6 is 0 Å². The molecule has 2 heterocycles. The zero-order chi connectivity index (χ0) is 17.8. The lowest BCUT2D eigenvalue weighted by molar-refractivity contribution is -0.120. The molecule has 0 spiro atoms. The Labute approximate surface area is 151 Å². The van der Waals surface area contributed by atoms with Crippen LogP contribution in [0.2, 0.25) is 0 Å². The molecule has 2 N–H and O–H groups in total. The van der Waals surface area contributed by atoms with Crippen LogP contribution in [0.5, 0.6) is 5.75 Å². The van der Waals surface area contributed by atoms with Gasteiger partial charge in [-0.25, -0.2) is 0 Å². The molecule has 1 aliphatic rings. The van der Waals surface area contributed by atoms with Crippen LogP contribution in [0.25, 0.3) is 0 Å². The van der Waals surface area contributed by atoms with Gasteiger partial charge in [0.25, 0.3) is 0 Å². The maximum atomic E-state index is 12.6. The van der Waals surface area contributed by atoms with Gasteiger partial charge in [-0.3, -0.25) is 14.9 Å². The van der Waals surface area contributed by atoms with Gasteiger partial charge in [-0.05, 0) is 42.7 Å². The predicted octanol–water partition coefficient (Wildman–Crippen LogP) is 3.13. The Hall–Kier alpha value is -3.15. The number of aromatic nitrogens is 3. The number of aryl methyl sites for hydroxylation is 1. The van der Waals surface area contributed by atoms with Gasteiger partial charge >= 0.3 is 0 Å². The number of nitrogens with zero attached hydrogens (tertiary/aromatic N) is 2.